The molecular weight excluding hydrogens is 242 g/mol. The van der Waals surface area contributed by atoms with Crippen molar-refractivity contribution in [2.45, 2.75) is 77.2 Å². The van der Waals surface area contributed by atoms with Gasteiger partial charge >= 0.3 is 0 Å². The summed E-state index contributed by atoms with van der Waals surface area (Å²) in [4.78, 5) is 0. The third kappa shape index (κ3) is 4.09. The Hall–Kier alpha value is -0.820. The number of benzene rings is 1. The van der Waals surface area contributed by atoms with Crippen LogP contribution in [0, 0.1) is 5.92 Å². The molecule has 0 saturated heterocycles. The SMILES string of the molecule is CC(C)(C)c1ccc(C(N)C2CCCCCCC2)cc1. The molecule has 1 fully saturated rings. The maximum Gasteiger partial charge on any atom is 0.0323 e. The van der Waals surface area contributed by atoms with Crippen molar-refractivity contribution in [3.05, 3.63) is 35.4 Å². The predicted molar refractivity (Wildman–Crippen MR) is 87.9 cm³/mol. The summed E-state index contributed by atoms with van der Waals surface area (Å²) in [5.41, 5.74) is 9.49. The van der Waals surface area contributed by atoms with Crippen LogP contribution in [0.4, 0.5) is 0 Å². The fourth-order valence-corrected chi connectivity index (χ4v) is 3.32. The molecular formula is C19H31N. The molecule has 1 aliphatic rings. The fourth-order valence-electron chi connectivity index (χ4n) is 3.32. The quantitative estimate of drug-likeness (QED) is 0.773. The zero-order chi connectivity index (χ0) is 14.6. The summed E-state index contributed by atoms with van der Waals surface area (Å²) in [5, 5.41) is 0. The minimum absolute atomic E-state index is 0.224. The van der Waals surface area contributed by atoms with Crippen molar-refractivity contribution in [2.75, 3.05) is 0 Å². The monoisotopic (exact) mass is 273 g/mol. The summed E-state index contributed by atoms with van der Waals surface area (Å²) in [5.74, 6) is 0.677. The molecule has 0 heterocycles. The second kappa shape index (κ2) is 6.76. The Bertz CT molecular complexity index is 391. The van der Waals surface area contributed by atoms with E-state index in [1.54, 1.807) is 0 Å². The summed E-state index contributed by atoms with van der Waals surface area (Å²) in [6.07, 6.45) is 9.54. The molecule has 1 unspecified atom stereocenters. The van der Waals surface area contributed by atoms with Gasteiger partial charge in [-0.05, 0) is 35.3 Å². The van der Waals surface area contributed by atoms with Crippen LogP contribution in [-0.4, -0.2) is 0 Å². The molecule has 1 nitrogen and oxygen atoms in total. The average molecular weight is 273 g/mol. The highest BCUT2D eigenvalue weighted by atomic mass is 14.7. The van der Waals surface area contributed by atoms with E-state index in [0.29, 0.717) is 5.92 Å². The normalized spacial score (nSPS) is 20.2. The molecule has 0 bridgehead atoms. The molecule has 20 heavy (non-hydrogen) atoms. The van der Waals surface area contributed by atoms with Crippen LogP contribution >= 0.6 is 0 Å². The van der Waals surface area contributed by atoms with Crippen molar-refractivity contribution in [2.24, 2.45) is 11.7 Å². The third-order valence-electron chi connectivity index (χ3n) is 4.82. The van der Waals surface area contributed by atoms with Crippen LogP contribution in [-0.2, 0) is 5.41 Å². The van der Waals surface area contributed by atoms with E-state index in [0.717, 1.165) is 0 Å². The first-order valence-electron chi connectivity index (χ1n) is 8.34. The third-order valence-corrected chi connectivity index (χ3v) is 4.82. The van der Waals surface area contributed by atoms with Crippen LogP contribution in [0.1, 0.15) is 82.9 Å². The van der Waals surface area contributed by atoms with Crippen LogP contribution in [0.5, 0.6) is 0 Å². The van der Waals surface area contributed by atoms with Gasteiger partial charge in [-0.3, -0.25) is 0 Å². The molecule has 2 rings (SSSR count). The minimum Gasteiger partial charge on any atom is -0.324 e. The summed E-state index contributed by atoms with van der Waals surface area (Å²) < 4.78 is 0. The van der Waals surface area contributed by atoms with Crippen LogP contribution in [0.3, 0.4) is 0 Å². The summed E-state index contributed by atoms with van der Waals surface area (Å²) in [6, 6.07) is 9.26. The van der Waals surface area contributed by atoms with Gasteiger partial charge in [0.2, 0.25) is 0 Å². The van der Waals surface area contributed by atoms with E-state index in [9.17, 15) is 0 Å². The Morgan fingerprint density at radius 3 is 1.90 bits per heavy atom. The van der Waals surface area contributed by atoms with Gasteiger partial charge in [0.1, 0.15) is 0 Å². The fraction of sp³-hybridized carbons (Fsp3) is 0.684. The van der Waals surface area contributed by atoms with E-state index in [1.165, 1.54) is 56.1 Å². The van der Waals surface area contributed by atoms with Crippen molar-refractivity contribution in [1.82, 2.24) is 0 Å². The van der Waals surface area contributed by atoms with Crippen LogP contribution in [0.25, 0.3) is 0 Å². The maximum absolute atomic E-state index is 6.55. The van der Waals surface area contributed by atoms with Gasteiger partial charge in [-0.1, -0.05) is 77.1 Å². The van der Waals surface area contributed by atoms with E-state index in [-0.39, 0.29) is 11.5 Å². The molecule has 1 atom stereocenters. The topological polar surface area (TPSA) is 26.0 Å². The lowest BCUT2D eigenvalue weighted by Gasteiger charge is -2.27. The predicted octanol–water partition coefficient (Wildman–Crippen LogP) is 5.34. The second-order valence-electron chi connectivity index (χ2n) is 7.50. The first kappa shape index (κ1) is 15.6. The highest BCUT2D eigenvalue weighted by molar-refractivity contribution is 5.29. The number of rotatable bonds is 2. The molecule has 0 spiro atoms. The smallest absolute Gasteiger partial charge is 0.0323 e. The molecule has 1 aromatic carbocycles. The molecule has 1 aliphatic carbocycles. The van der Waals surface area contributed by atoms with Gasteiger partial charge in [-0.2, -0.15) is 0 Å². The van der Waals surface area contributed by atoms with Gasteiger partial charge in [0.25, 0.3) is 0 Å². The lowest BCUT2D eigenvalue weighted by molar-refractivity contribution is 0.327. The van der Waals surface area contributed by atoms with Gasteiger partial charge in [-0.25, -0.2) is 0 Å². The van der Waals surface area contributed by atoms with Gasteiger partial charge in [-0.15, -0.1) is 0 Å². The maximum atomic E-state index is 6.55. The first-order valence-corrected chi connectivity index (χ1v) is 8.34. The molecule has 112 valence electrons. The molecule has 1 heteroatoms. The first-order chi connectivity index (χ1) is 9.48. The lowest BCUT2D eigenvalue weighted by Crippen LogP contribution is -2.22. The van der Waals surface area contributed by atoms with Crippen molar-refractivity contribution in [3.8, 4) is 0 Å². The zero-order valence-corrected chi connectivity index (χ0v) is 13.5. The summed E-state index contributed by atoms with van der Waals surface area (Å²) >= 11 is 0. The minimum atomic E-state index is 0.224. The van der Waals surface area contributed by atoms with Crippen molar-refractivity contribution in [1.29, 1.82) is 0 Å². The zero-order valence-electron chi connectivity index (χ0n) is 13.5. The highest BCUT2D eigenvalue weighted by Crippen LogP contribution is 2.32. The van der Waals surface area contributed by atoms with Gasteiger partial charge in [0, 0.05) is 6.04 Å². The standard InChI is InChI=1S/C19H31N/c1-19(2,3)17-13-11-16(12-14-17)18(20)15-9-7-5-4-6-8-10-15/h11-15,18H,4-10,20H2,1-3H3. The largest absolute Gasteiger partial charge is 0.324 e. The van der Waals surface area contributed by atoms with Crippen molar-refractivity contribution < 1.29 is 0 Å². The van der Waals surface area contributed by atoms with Crippen LogP contribution in [0.15, 0.2) is 24.3 Å². The van der Waals surface area contributed by atoms with Crippen LogP contribution in [0.2, 0.25) is 0 Å². The molecule has 1 saturated carbocycles. The molecule has 0 aromatic heterocycles. The van der Waals surface area contributed by atoms with E-state index in [1.807, 2.05) is 0 Å². The van der Waals surface area contributed by atoms with E-state index >= 15 is 0 Å². The Morgan fingerprint density at radius 1 is 0.900 bits per heavy atom. The van der Waals surface area contributed by atoms with Gasteiger partial charge in [0.15, 0.2) is 0 Å². The average Bonchev–Trinajstić information content (AvgIpc) is 2.37. The van der Waals surface area contributed by atoms with Gasteiger partial charge < -0.3 is 5.73 Å². The van der Waals surface area contributed by atoms with E-state index < -0.39 is 0 Å². The Labute approximate surface area is 125 Å². The Balaban J connectivity index is 2.05. The number of nitrogens with two attached hydrogens (primary N) is 1. The molecule has 0 aliphatic heterocycles. The number of hydrogen-bond donors (Lipinski definition) is 1. The van der Waals surface area contributed by atoms with Crippen molar-refractivity contribution >= 4 is 0 Å². The van der Waals surface area contributed by atoms with E-state index in [2.05, 4.69) is 45.0 Å². The van der Waals surface area contributed by atoms with E-state index in [4.69, 9.17) is 5.73 Å². The molecule has 1 aromatic rings. The summed E-state index contributed by atoms with van der Waals surface area (Å²) in [6.45, 7) is 6.78. The Morgan fingerprint density at radius 2 is 1.40 bits per heavy atom. The molecule has 0 amide bonds. The highest BCUT2D eigenvalue weighted by Gasteiger charge is 2.21. The Kier molecular flexibility index (Phi) is 5.26. The van der Waals surface area contributed by atoms with Crippen LogP contribution < -0.4 is 5.73 Å². The second-order valence-corrected chi connectivity index (χ2v) is 7.50. The van der Waals surface area contributed by atoms with Gasteiger partial charge in [0.05, 0.1) is 0 Å². The number of hydrogen-bond acceptors (Lipinski definition) is 1. The van der Waals surface area contributed by atoms with Crippen molar-refractivity contribution in [3.63, 3.8) is 0 Å². The molecule has 2 N–H and O–H groups in total. The lowest BCUT2D eigenvalue weighted by atomic mass is 9.81. The molecule has 0 radical (unpaired) electrons. The summed E-state index contributed by atoms with van der Waals surface area (Å²) in [7, 11) is 0.